The monoisotopic (exact) mass is 185 g/mol. The summed E-state index contributed by atoms with van der Waals surface area (Å²) in [5, 5.41) is 10.2. The van der Waals surface area contributed by atoms with Crippen LogP contribution >= 0.6 is 0 Å². The molecule has 0 bridgehead atoms. The highest BCUT2D eigenvalue weighted by Crippen LogP contribution is 2.39. The van der Waals surface area contributed by atoms with E-state index in [1.165, 1.54) is 6.42 Å². The molecule has 1 unspecified atom stereocenters. The van der Waals surface area contributed by atoms with Crippen molar-refractivity contribution in [2.75, 3.05) is 6.54 Å². The standard InChI is InChI=1S/C11H23NO/c1-10(2)4-3-5-11(13,7-6-10)8-9-12/h13H,3-9,12H2,1-2H3. The fraction of sp³-hybridized carbons (Fsp3) is 1.00. The van der Waals surface area contributed by atoms with Crippen molar-refractivity contribution in [1.29, 1.82) is 0 Å². The molecular weight excluding hydrogens is 162 g/mol. The third-order valence-corrected chi connectivity index (χ3v) is 3.37. The Labute approximate surface area is 81.5 Å². The molecule has 0 aromatic carbocycles. The van der Waals surface area contributed by atoms with E-state index in [1.54, 1.807) is 0 Å². The van der Waals surface area contributed by atoms with E-state index >= 15 is 0 Å². The molecule has 0 heterocycles. The van der Waals surface area contributed by atoms with Gasteiger partial charge in [0.2, 0.25) is 0 Å². The molecule has 2 nitrogen and oxygen atoms in total. The van der Waals surface area contributed by atoms with Crippen LogP contribution in [0.4, 0.5) is 0 Å². The highest BCUT2D eigenvalue weighted by Gasteiger charge is 2.32. The second kappa shape index (κ2) is 3.97. The Balaban J connectivity index is 2.53. The van der Waals surface area contributed by atoms with Crippen LogP contribution in [0.3, 0.4) is 0 Å². The van der Waals surface area contributed by atoms with Crippen LogP contribution in [0, 0.1) is 5.41 Å². The largest absolute Gasteiger partial charge is 0.390 e. The number of aliphatic hydroxyl groups is 1. The van der Waals surface area contributed by atoms with Crippen LogP contribution in [0.2, 0.25) is 0 Å². The average Bonchev–Trinajstić information content (AvgIpc) is 2.13. The molecular formula is C11H23NO. The predicted molar refractivity (Wildman–Crippen MR) is 55.5 cm³/mol. The summed E-state index contributed by atoms with van der Waals surface area (Å²) in [6.07, 6.45) is 6.14. The molecule has 0 amide bonds. The van der Waals surface area contributed by atoms with E-state index in [1.807, 2.05) is 0 Å². The maximum Gasteiger partial charge on any atom is 0.0660 e. The van der Waals surface area contributed by atoms with E-state index in [9.17, 15) is 5.11 Å². The molecule has 1 atom stereocenters. The van der Waals surface area contributed by atoms with E-state index in [-0.39, 0.29) is 0 Å². The maximum absolute atomic E-state index is 10.2. The Morgan fingerprint density at radius 1 is 1.15 bits per heavy atom. The summed E-state index contributed by atoms with van der Waals surface area (Å²) in [5.74, 6) is 0. The summed E-state index contributed by atoms with van der Waals surface area (Å²) in [7, 11) is 0. The average molecular weight is 185 g/mol. The van der Waals surface area contributed by atoms with Gasteiger partial charge in [0.05, 0.1) is 5.60 Å². The normalized spacial score (nSPS) is 34.2. The Kier molecular flexibility index (Phi) is 3.36. The Hall–Kier alpha value is -0.0800. The molecule has 1 aliphatic carbocycles. The van der Waals surface area contributed by atoms with Crippen molar-refractivity contribution in [3.05, 3.63) is 0 Å². The minimum Gasteiger partial charge on any atom is -0.390 e. The zero-order chi connectivity index (χ0) is 9.95. The lowest BCUT2D eigenvalue weighted by Gasteiger charge is -2.27. The van der Waals surface area contributed by atoms with Crippen molar-refractivity contribution >= 4 is 0 Å². The molecule has 0 aliphatic heterocycles. The maximum atomic E-state index is 10.2. The lowest BCUT2D eigenvalue weighted by molar-refractivity contribution is 0.0163. The minimum atomic E-state index is -0.456. The molecule has 1 fully saturated rings. The molecule has 13 heavy (non-hydrogen) atoms. The van der Waals surface area contributed by atoms with E-state index in [0.717, 1.165) is 32.1 Å². The summed E-state index contributed by atoms with van der Waals surface area (Å²) in [5.41, 5.74) is 5.46. The fourth-order valence-corrected chi connectivity index (χ4v) is 2.24. The van der Waals surface area contributed by atoms with Crippen LogP contribution in [0.25, 0.3) is 0 Å². The number of hydrogen-bond acceptors (Lipinski definition) is 2. The van der Waals surface area contributed by atoms with Gasteiger partial charge in [-0.2, -0.15) is 0 Å². The molecule has 0 aromatic heterocycles. The van der Waals surface area contributed by atoms with Gasteiger partial charge in [-0.25, -0.2) is 0 Å². The van der Waals surface area contributed by atoms with Gasteiger partial charge in [0.1, 0.15) is 0 Å². The van der Waals surface area contributed by atoms with Crippen molar-refractivity contribution in [1.82, 2.24) is 0 Å². The van der Waals surface area contributed by atoms with E-state index < -0.39 is 5.60 Å². The number of hydrogen-bond donors (Lipinski definition) is 2. The third kappa shape index (κ3) is 3.28. The van der Waals surface area contributed by atoms with Crippen molar-refractivity contribution < 1.29 is 5.11 Å². The van der Waals surface area contributed by atoms with Gasteiger partial charge in [-0.1, -0.05) is 20.3 Å². The molecule has 0 spiro atoms. The topological polar surface area (TPSA) is 46.2 Å². The van der Waals surface area contributed by atoms with Crippen molar-refractivity contribution in [3.8, 4) is 0 Å². The number of rotatable bonds is 2. The molecule has 3 N–H and O–H groups in total. The quantitative estimate of drug-likeness (QED) is 0.647. The Morgan fingerprint density at radius 2 is 1.85 bits per heavy atom. The second-order valence-corrected chi connectivity index (χ2v) is 5.28. The van der Waals surface area contributed by atoms with Gasteiger partial charge in [0.15, 0.2) is 0 Å². The first-order valence-corrected chi connectivity index (χ1v) is 5.40. The molecule has 1 rings (SSSR count). The SMILES string of the molecule is CC1(C)CCCC(O)(CCN)CC1. The summed E-state index contributed by atoms with van der Waals surface area (Å²) >= 11 is 0. The smallest absolute Gasteiger partial charge is 0.0660 e. The van der Waals surface area contributed by atoms with Crippen molar-refractivity contribution in [2.45, 2.75) is 58.0 Å². The first-order valence-electron chi connectivity index (χ1n) is 5.40. The van der Waals surface area contributed by atoms with Crippen molar-refractivity contribution in [3.63, 3.8) is 0 Å². The third-order valence-electron chi connectivity index (χ3n) is 3.37. The van der Waals surface area contributed by atoms with Gasteiger partial charge in [-0.15, -0.1) is 0 Å². The first-order chi connectivity index (χ1) is 5.97. The predicted octanol–water partition coefficient (Wildman–Crippen LogP) is 2.06. The zero-order valence-corrected chi connectivity index (χ0v) is 8.97. The molecule has 1 saturated carbocycles. The van der Waals surface area contributed by atoms with Crippen LogP contribution in [-0.2, 0) is 0 Å². The molecule has 1 aliphatic rings. The van der Waals surface area contributed by atoms with Gasteiger partial charge < -0.3 is 10.8 Å². The first kappa shape index (κ1) is 11.0. The highest BCUT2D eigenvalue weighted by atomic mass is 16.3. The van der Waals surface area contributed by atoms with Crippen molar-refractivity contribution in [2.24, 2.45) is 11.1 Å². The van der Waals surface area contributed by atoms with Gasteiger partial charge in [-0.05, 0) is 44.1 Å². The minimum absolute atomic E-state index is 0.416. The van der Waals surface area contributed by atoms with Gasteiger partial charge >= 0.3 is 0 Å². The summed E-state index contributed by atoms with van der Waals surface area (Å²) in [6, 6.07) is 0. The molecule has 0 saturated heterocycles. The molecule has 78 valence electrons. The van der Waals surface area contributed by atoms with Gasteiger partial charge in [0.25, 0.3) is 0 Å². The van der Waals surface area contributed by atoms with Gasteiger partial charge in [-0.3, -0.25) is 0 Å². The van der Waals surface area contributed by atoms with Crippen LogP contribution in [-0.4, -0.2) is 17.3 Å². The summed E-state index contributed by atoms with van der Waals surface area (Å²) < 4.78 is 0. The van der Waals surface area contributed by atoms with Crippen LogP contribution in [0.1, 0.15) is 52.4 Å². The van der Waals surface area contributed by atoms with E-state index in [2.05, 4.69) is 13.8 Å². The highest BCUT2D eigenvalue weighted by molar-refractivity contribution is 4.86. The van der Waals surface area contributed by atoms with E-state index in [4.69, 9.17) is 5.73 Å². The van der Waals surface area contributed by atoms with E-state index in [0.29, 0.717) is 12.0 Å². The fourth-order valence-electron chi connectivity index (χ4n) is 2.24. The van der Waals surface area contributed by atoms with Crippen LogP contribution < -0.4 is 5.73 Å². The molecule has 0 aromatic rings. The summed E-state index contributed by atoms with van der Waals surface area (Å²) in [4.78, 5) is 0. The van der Waals surface area contributed by atoms with Gasteiger partial charge in [0, 0.05) is 0 Å². The lowest BCUT2D eigenvalue weighted by atomic mass is 9.84. The zero-order valence-electron chi connectivity index (χ0n) is 8.97. The number of nitrogens with two attached hydrogens (primary N) is 1. The van der Waals surface area contributed by atoms with Crippen LogP contribution in [0.15, 0.2) is 0 Å². The summed E-state index contributed by atoms with van der Waals surface area (Å²) in [6.45, 7) is 5.19. The second-order valence-electron chi connectivity index (χ2n) is 5.28. The lowest BCUT2D eigenvalue weighted by Crippen LogP contribution is -2.31. The van der Waals surface area contributed by atoms with Crippen LogP contribution in [0.5, 0.6) is 0 Å². The Bertz CT molecular complexity index is 167. The molecule has 2 heteroatoms. The molecule has 0 radical (unpaired) electrons. The Morgan fingerprint density at radius 3 is 2.46 bits per heavy atom.